The summed E-state index contributed by atoms with van der Waals surface area (Å²) in [5.74, 6) is 0.527. The minimum absolute atomic E-state index is 0.527. The van der Waals surface area contributed by atoms with Crippen molar-refractivity contribution in [3.8, 4) is 0 Å². The molecule has 4 heteroatoms. The molecule has 14 heavy (non-hydrogen) atoms. The van der Waals surface area contributed by atoms with Gasteiger partial charge in [-0.25, -0.2) is 0 Å². The van der Waals surface area contributed by atoms with Gasteiger partial charge < -0.3 is 16.4 Å². The zero-order valence-corrected chi connectivity index (χ0v) is 8.76. The Morgan fingerprint density at radius 1 is 1.21 bits per heavy atom. The van der Waals surface area contributed by atoms with Crippen molar-refractivity contribution in [3.63, 3.8) is 0 Å². The van der Waals surface area contributed by atoms with Crippen LogP contribution in [0, 0.1) is 0 Å². The quantitative estimate of drug-likeness (QED) is 0.496. The molecule has 1 aromatic carbocycles. The highest BCUT2D eigenvalue weighted by molar-refractivity contribution is 6.07. The number of hydrogen-bond donors (Lipinski definition) is 3. The summed E-state index contributed by atoms with van der Waals surface area (Å²) in [7, 11) is 5.41. The second-order valence-corrected chi connectivity index (χ2v) is 2.84. The summed E-state index contributed by atoms with van der Waals surface area (Å²) in [6, 6.07) is 5.90. The fourth-order valence-electron chi connectivity index (χ4n) is 1.36. The Hall–Kier alpha value is -1.71. The number of nitrogens with two attached hydrogens (primary N) is 1. The van der Waals surface area contributed by atoms with Gasteiger partial charge in [-0.1, -0.05) is 6.07 Å². The predicted octanol–water partition coefficient (Wildman–Crippen LogP) is 1.11. The van der Waals surface area contributed by atoms with Gasteiger partial charge in [-0.15, -0.1) is 0 Å². The molecular formula is C10H16N4. The highest BCUT2D eigenvalue weighted by Crippen LogP contribution is 2.23. The molecule has 0 radical (unpaired) electrons. The Labute approximate surface area is 84.2 Å². The lowest BCUT2D eigenvalue weighted by atomic mass is 10.1. The number of anilines is 2. The minimum atomic E-state index is 0.527. The number of rotatable bonds is 3. The van der Waals surface area contributed by atoms with E-state index in [0.29, 0.717) is 5.84 Å². The Kier molecular flexibility index (Phi) is 3.34. The highest BCUT2D eigenvalue weighted by Gasteiger charge is 2.09. The van der Waals surface area contributed by atoms with Gasteiger partial charge in [-0.2, -0.15) is 0 Å². The second kappa shape index (κ2) is 4.50. The van der Waals surface area contributed by atoms with Gasteiger partial charge >= 0.3 is 0 Å². The molecule has 0 atom stereocenters. The molecule has 0 bridgehead atoms. The lowest BCUT2D eigenvalue weighted by Gasteiger charge is -2.13. The minimum Gasteiger partial charge on any atom is -0.387 e. The maximum Gasteiger partial charge on any atom is 0.129 e. The van der Waals surface area contributed by atoms with Crippen LogP contribution in [0.25, 0.3) is 0 Å². The molecule has 0 saturated carbocycles. The molecule has 76 valence electrons. The Morgan fingerprint density at radius 2 is 1.71 bits per heavy atom. The van der Waals surface area contributed by atoms with E-state index in [1.54, 1.807) is 7.05 Å². The van der Waals surface area contributed by atoms with Crippen molar-refractivity contribution in [1.82, 2.24) is 0 Å². The van der Waals surface area contributed by atoms with Crippen LogP contribution >= 0.6 is 0 Å². The van der Waals surface area contributed by atoms with Crippen LogP contribution in [-0.2, 0) is 0 Å². The normalized spacial score (nSPS) is 11.2. The zero-order valence-electron chi connectivity index (χ0n) is 8.76. The fourth-order valence-corrected chi connectivity index (χ4v) is 1.36. The molecule has 0 fully saturated rings. The van der Waals surface area contributed by atoms with Crippen LogP contribution in [0.5, 0.6) is 0 Å². The van der Waals surface area contributed by atoms with Gasteiger partial charge in [0.25, 0.3) is 0 Å². The molecular weight excluding hydrogens is 176 g/mol. The van der Waals surface area contributed by atoms with Crippen molar-refractivity contribution >= 4 is 17.2 Å². The Balaban J connectivity index is 3.33. The first-order valence-corrected chi connectivity index (χ1v) is 4.45. The third kappa shape index (κ3) is 1.79. The number of hydrogen-bond acceptors (Lipinski definition) is 3. The first-order chi connectivity index (χ1) is 6.74. The Morgan fingerprint density at radius 3 is 2.07 bits per heavy atom. The van der Waals surface area contributed by atoms with E-state index in [4.69, 9.17) is 5.73 Å². The molecule has 0 saturated heterocycles. The van der Waals surface area contributed by atoms with Crippen molar-refractivity contribution < 1.29 is 0 Å². The molecule has 0 spiro atoms. The number of benzene rings is 1. The summed E-state index contributed by atoms with van der Waals surface area (Å²) in [6.07, 6.45) is 0. The molecule has 1 aromatic rings. The lowest BCUT2D eigenvalue weighted by Crippen LogP contribution is -2.17. The predicted molar refractivity (Wildman–Crippen MR) is 62.2 cm³/mol. The van der Waals surface area contributed by atoms with E-state index in [1.807, 2.05) is 32.3 Å². The summed E-state index contributed by atoms with van der Waals surface area (Å²) >= 11 is 0. The molecule has 0 aromatic heterocycles. The van der Waals surface area contributed by atoms with Crippen molar-refractivity contribution in [2.45, 2.75) is 0 Å². The Bertz CT molecular complexity index is 322. The largest absolute Gasteiger partial charge is 0.387 e. The van der Waals surface area contributed by atoms with E-state index in [9.17, 15) is 0 Å². The van der Waals surface area contributed by atoms with Gasteiger partial charge in [0, 0.05) is 32.5 Å². The van der Waals surface area contributed by atoms with Gasteiger partial charge in [0.05, 0.1) is 5.56 Å². The standard InChI is InChI=1S/C10H16N4/c1-12-7-5-4-6-8(13-2)9(7)10(11)14-3/h4-6,12-13H,1-3H3,(H2,11,14). The van der Waals surface area contributed by atoms with Crippen LogP contribution in [0.4, 0.5) is 11.4 Å². The van der Waals surface area contributed by atoms with Crippen molar-refractivity contribution in [2.75, 3.05) is 31.8 Å². The van der Waals surface area contributed by atoms with E-state index >= 15 is 0 Å². The first-order valence-electron chi connectivity index (χ1n) is 4.45. The maximum absolute atomic E-state index is 5.82. The molecule has 0 aliphatic rings. The van der Waals surface area contributed by atoms with Gasteiger partial charge in [-0.3, -0.25) is 4.99 Å². The number of aliphatic imine (C=N–C) groups is 1. The van der Waals surface area contributed by atoms with Crippen LogP contribution in [0.1, 0.15) is 5.56 Å². The summed E-state index contributed by atoms with van der Waals surface area (Å²) in [4.78, 5) is 3.99. The molecule has 1 rings (SSSR count). The average molecular weight is 192 g/mol. The molecule has 0 unspecified atom stereocenters. The molecule has 0 amide bonds. The highest BCUT2D eigenvalue weighted by atomic mass is 14.9. The molecule has 4 N–H and O–H groups in total. The summed E-state index contributed by atoms with van der Waals surface area (Å²) in [6.45, 7) is 0. The van der Waals surface area contributed by atoms with E-state index < -0.39 is 0 Å². The van der Waals surface area contributed by atoms with Crippen molar-refractivity contribution in [1.29, 1.82) is 0 Å². The van der Waals surface area contributed by atoms with E-state index in [0.717, 1.165) is 16.9 Å². The van der Waals surface area contributed by atoms with Crippen LogP contribution in [0.3, 0.4) is 0 Å². The smallest absolute Gasteiger partial charge is 0.129 e. The third-order valence-electron chi connectivity index (χ3n) is 2.10. The summed E-state index contributed by atoms with van der Waals surface area (Å²) in [5.41, 5.74) is 8.68. The van der Waals surface area contributed by atoms with Crippen LogP contribution in [-0.4, -0.2) is 27.0 Å². The van der Waals surface area contributed by atoms with Gasteiger partial charge in [0.15, 0.2) is 0 Å². The zero-order chi connectivity index (χ0) is 10.6. The summed E-state index contributed by atoms with van der Waals surface area (Å²) in [5, 5.41) is 6.17. The molecule has 4 nitrogen and oxygen atoms in total. The number of nitrogens with one attached hydrogen (secondary N) is 2. The lowest BCUT2D eigenvalue weighted by molar-refractivity contribution is 1.37. The van der Waals surface area contributed by atoms with Crippen LogP contribution in [0.2, 0.25) is 0 Å². The monoisotopic (exact) mass is 192 g/mol. The number of amidine groups is 1. The molecule has 0 heterocycles. The van der Waals surface area contributed by atoms with Crippen molar-refractivity contribution in [2.24, 2.45) is 10.7 Å². The van der Waals surface area contributed by atoms with E-state index in [1.165, 1.54) is 0 Å². The van der Waals surface area contributed by atoms with E-state index in [2.05, 4.69) is 15.6 Å². The van der Waals surface area contributed by atoms with Crippen LogP contribution in [0.15, 0.2) is 23.2 Å². The van der Waals surface area contributed by atoms with Crippen molar-refractivity contribution in [3.05, 3.63) is 23.8 Å². The SMILES string of the molecule is CN=C(N)c1c(NC)cccc1NC. The second-order valence-electron chi connectivity index (χ2n) is 2.84. The van der Waals surface area contributed by atoms with Gasteiger partial charge in [-0.05, 0) is 12.1 Å². The summed E-state index contributed by atoms with van der Waals surface area (Å²) < 4.78 is 0. The van der Waals surface area contributed by atoms with Gasteiger partial charge in [0.2, 0.25) is 0 Å². The third-order valence-corrected chi connectivity index (χ3v) is 2.10. The molecule has 0 aliphatic heterocycles. The number of nitrogens with zero attached hydrogens (tertiary/aromatic N) is 1. The topological polar surface area (TPSA) is 62.4 Å². The maximum atomic E-state index is 5.82. The van der Waals surface area contributed by atoms with E-state index in [-0.39, 0.29) is 0 Å². The van der Waals surface area contributed by atoms with Gasteiger partial charge in [0.1, 0.15) is 5.84 Å². The fraction of sp³-hybridized carbons (Fsp3) is 0.300. The molecule has 0 aliphatic carbocycles. The average Bonchev–Trinajstić information content (AvgIpc) is 2.26. The first kappa shape index (κ1) is 10.4. The van der Waals surface area contributed by atoms with Crippen LogP contribution < -0.4 is 16.4 Å².